The lowest BCUT2D eigenvalue weighted by Crippen LogP contribution is -2.39. The summed E-state index contributed by atoms with van der Waals surface area (Å²) >= 11 is 0. The third-order valence-corrected chi connectivity index (χ3v) is 4.13. The highest BCUT2D eigenvalue weighted by Crippen LogP contribution is 2.32. The smallest absolute Gasteiger partial charge is 0.242 e. The van der Waals surface area contributed by atoms with Gasteiger partial charge in [-0.3, -0.25) is 4.79 Å². The van der Waals surface area contributed by atoms with E-state index >= 15 is 0 Å². The second kappa shape index (κ2) is 7.92. The van der Waals surface area contributed by atoms with Gasteiger partial charge in [-0.2, -0.15) is 0 Å². The van der Waals surface area contributed by atoms with Crippen LogP contribution in [0.5, 0.6) is 11.5 Å². The minimum absolute atomic E-state index is 0.0637. The number of nitrogens with one attached hydrogen (secondary N) is 1. The molecule has 0 radical (unpaired) electrons. The lowest BCUT2D eigenvalue weighted by Gasteiger charge is -2.27. The van der Waals surface area contributed by atoms with Crippen LogP contribution in [0.1, 0.15) is 19.4 Å². The van der Waals surface area contributed by atoms with Gasteiger partial charge in [0.2, 0.25) is 5.91 Å². The fourth-order valence-electron chi connectivity index (χ4n) is 2.77. The fraction of sp³-hybridized carbons (Fsp3) is 0.350. The third kappa shape index (κ3) is 4.44. The molecule has 25 heavy (non-hydrogen) atoms. The molecule has 2 aromatic carbocycles. The first kappa shape index (κ1) is 17.1. The van der Waals surface area contributed by atoms with Gasteiger partial charge < -0.3 is 19.7 Å². The van der Waals surface area contributed by atoms with Gasteiger partial charge in [-0.15, -0.1) is 0 Å². The van der Waals surface area contributed by atoms with Crippen LogP contribution >= 0.6 is 0 Å². The number of fused-ring (bicyclic) bond motifs is 1. The van der Waals surface area contributed by atoms with Gasteiger partial charge in [-0.05, 0) is 31.5 Å². The van der Waals surface area contributed by atoms with Crippen molar-refractivity contribution < 1.29 is 14.3 Å². The van der Waals surface area contributed by atoms with Gasteiger partial charge in [0.05, 0.1) is 6.54 Å². The summed E-state index contributed by atoms with van der Waals surface area (Å²) in [5.74, 6) is 1.53. The Balaban J connectivity index is 1.61. The summed E-state index contributed by atoms with van der Waals surface area (Å²) in [6.45, 7) is 6.04. The maximum atomic E-state index is 12.7. The standard InChI is InChI=1S/C20H24N2O3/c1-15(2)22(14-16-6-4-3-5-7-16)20(23)13-21-17-8-9-18-19(12-17)25-11-10-24-18/h3-9,12,15,21H,10-11,13-14H2,1-2H3. The first-order valence-corrected chi connectivity index (χ1v) is 8.60. The molecule has 0 fully saturated rings. The van der Waals surface area contributed by atoms with Crippen LogP contribution in [-0.2, 0) is 11.3 Å². The zero-order valence-electron chi connectivity index (χ0n) is 14.7. The molecular weight excluding hydrogens is 316 g/mol. The van der Waals surface area contributed by atoms with Crippen molar-refractivity contribution >= 4 is 11.6 Å². The molecule has 0 bridgehead atoms. The van der Waals surface area contributed by atoms with Crippen LogP contribution < -0.4 is 14.8 Å². The molecule has 1 aliphatic rings. The van der Waals surface area contributed by atoms with Gasteiger partial charge in [0.15, 0.2) is 11.5 Å². The second-order valence-electron chi connectivity index (χ2n) is 6.31. The average molecular weight is 340 g/mol. The predicted octanol–water partition coefficient (Wildman–Crippen LogP) is 3.31. The average Bonchev–Trinajstić information content (AvgIpc) is 2.64. The van der Waals surface area contributed by atoms with Gasteiger partial charge in [0, 0.05) is 24.3 Å². The number of amides is 1. The van der Waals surface area contributed by atoms with E-state index in [1.165, 1.54) is 0 Å². The summed E-state index contributed by atoms with van der Waals surface area (Å²) < 4.78 is 11.1. The summed E-state index contributed by atoms with van der Waals surface area (Å²) in [6, 6.07) is 15.8. The molecule has 0 spiro atoms. The normalized spacial score (nSPS) is 12.8. The maximum Gasteiger partial charge on any atom is 0.242 e. The lowest BCUT2D eigenvalue weighted by molar-refractivity contribution is -0.131. The van der Waals surface area contributed by atoms with Crippen LogP contribution in [-0.4, -0.2) is 36.6 Å². The molecule has 5 nitrogen and oxygen atoms in total. The second-order valence-corrected chi connectivity index (χ2v) is 6.31. The quantitative estimate of drug-likeness (QED) is 0.876. The lowest BCUT2D eigenvalue weighted by atomic mass is 10.2. The maximum absolute atomic E-state index is 12.7. The molecule has 0 aliphatic carbocycles. The van der Waals surface area contributed by atoms with E-state index in [-0.39, 0.29) is 18.5 Å². The van der Waals surface area contributed by atoms with Crippen LogP contribution in [0.3, 0.4) is 0 Å². The highest BCUT2D eigenvalue weighted by Gasteiger charge is 2.18. The number of hydrogen-bond donors (Lipinski definition) is 1. The number of rotatable bonds is 6. The van der Waals surface area contributed by atoms with Crippen LogP contribution in [0.25, 0.3) is 0 Å². The summed E-state index contributed by atoms with van der Waals surface area (Å²) in [6.07, 6.45) is 0. The highest BCUT2D eigenvalue weighted by atomic mass is 16.6. The van der Waals surface area contributed by atoms with E-state index in [1.54, 1.807) is 0 Å². The van der Waals surface area contributed by atoms with Crippen LogP contribution in [0, 0.1) is 0 Å². The van der Waals surface area contributed by atoms with Gasteiger partial charge in [-0.1, -0.05) is 30.3 Å². The number of anilines is 1. The highest BCUT2D eigenvalue weighted by molar-refractivity contribution is 5.81. The Morgan fingerprint density at radius 3 is 2.52 bits per heavy atom. The summed E-state index contributed by atoms with van der Waals surface area (Å²) in [4.78, 5) is 14.5. The number of nitrogens with zero attached hydrogens (tertiary/aromatic N) is 1. The van der Waals surface area contributed by atoms with E-state index in [2.05, 4.69) is 5.32 Å². The zero-order chi connectivity index (χ0) is 17.6. The van der Waals surface area contributed by atoms with E-state index in [4.69, 9.17) is 9.47 Å². The van der Waals surface area contributed by atoms with Gasteiger partial charge >= 0.3 is 0 Å². The molecule has 3 rings (SSSR count). The predicted molar refractivity (Wildman–Crippen MR) is 98.0 cm³/mol. The molecule has 0 saturated carbocycles. The summed E-state index contributed by atoms with van der Waals surface area (Å²) in [5.41, 5.74) is 1.98. The first-order chi connectivity index (χ1) is 12.1. The minimum atomic E-state index is 0.0637. The Morgan fingerprint density at radius 2 is 1.80 bits per heavy atom. The molecular formula is C20H24N2O3. The largest absolute Gasteiger partial charge is 0.486 e. The van der Waals surface area contributed by atoms with Crippen LogP contribution in [0.2, 0.25) is 0 Å². The van der Waals surface area contributed by atoms with Crippen molar-refractivity contribution in [2.45, 2.75) is 26.4 Å². The summed E-state index contributed by atoms with van der Waals surface area (Å²) in [5, 5.41) is 3.19. The number of hydrogen-bond acceptors (Lipinski definition) is 4. The van der Waals surface area contributed by atoms with Crippen molar-refractivity contribution in [1.29, 1.82) is 0 Å². The van der Waals surface area contributed by atoms with E-state index in [0.717, 1.165) is 17.0 Å². The van der Waals surface area contributed by atoms with Crippen molar-refractivity contribution in [3.63, 3.8) is 0 Å². The Hall–Kier alpha value is -2.69. The molecule has 1 heterocycles. The Bertz CT molecular complexity index is 716. The molecule has 1 aliphatic heterocycles. The van der Waals surface area contributed by atoms with Crippen molar-refractivity contribution in [3.8, 4) is 11.5 Å². The van der Waals surface area contributed by atoms with Crippen molar-refractivity contribution in [2.75, 3.05) is 25.1 Å². The van der Waals surface area contributed by atoms with Crippen molar-refractivity contribution in [2.24, 2.45) is 0 Å². The molecule has 5 heteroatoms. The molecule has 132 valence electrons. The molecule has 0 aromatic heterocycles. The molecule has 1 N–H and O–H groups in total. The third-order valence-electron chi connectivity index (χ3n) is 4.13. The monoisotopic (exact) mass is 340 g/mol. The molecule has 1 amide bonds. The fourth-order valence-corrected chi connectivity index (χ4v) is 2.77. The number of carbonyl (C=O) groups excluding carboxylic acids is 1. The zero-order valence-corrected chi connectivity index (χ0v) is 14.7. The molecule has 0 unspecified atom stereocenters. The van der Waals surface area contributed by atoms with E-state index in [1.807, 2.05) is 67.3 Å². The number of carbonyl (C=O) groups is 1. The Kier molecular flexibility index (Phi) is 5.43. The van der Waals surface area contributed by atoms with Gasteiger partial charge in [0.1, 0.15) is 13.2 Å². The Morgan fingerprint density at radius 1 is 1.08 bits per heavy atom. The van der Waals surface area contributed by atoms with Gasteiger partial charge in [-0.25, -0.2) is 0 Å². The molecule has 0 atom stereocenters. The first-order valence-electron chi connectivity index (χ1n) is 8.60. The van der Waals surface area contributed by atoms with Crippen molar-refractivity contribution in [1.82, 2.24) is 4.90 Å². The van der Waals surface area contributed by atoms with Gasteiger partial charge in [0.25, 0.3) is 0 Å². The Labute approximate surface area is 148 Å². The number of benzene rings is 2. The minimum Gasteiger partial charge on any atom is -0.486 e. The van der Waals surface area contributed by atoms with Crippen LogP contribution in [0.15, 0.2) is 48.5 Å². The van der Waals surface area contributed by atoms with Crippen LogP contribution in [0.4, 0.5) is 5.69 Å². The molecule has 2 aromatic rings. The topological polar surface area (TPSA) is 50.8 Å². The summed E-state index contributed by atoms with van der Waals surface area (Å²) in [7, 11) is 0. The number of ether oxygens (including phenoxy) is 2. The van der Waals surface area contributed by atoms with E-state index in [0.29, 0.717) is 25.5 Å². The van der Waals surface area contributed by atoms with E-state index < -0.39 is 0 Å². The van der Waals surface area contributed by atoms with E-state index in [9.17, 15) is 4.79 Å². The van der Waals surface area contributed by atoms with Crippen molar-refractivity contribution in [3.05, 3.63) is 54.1 Å². The SMILES string of the molecule is CC(C)N(Cc1ccccc1)C(=O)CNc1ccc2c(c1)OCCO2. The molecule has 0 saturated heterocycles.